The van der Waals surface area contributed by atoms with Crippen molar-refractivity contribution in [3.05, 3.63) is 22.7 Å². The van der Waals surface area contributed by atoms with Crippen LogP contribution < -0.4 is 9.47 Å². The molecule has 0 bridgehead atoms. The van der Waals surface area contributed by atoms with Gasteiger partial charge >= 0.3 is 5.97 Å². The summed E-state index contributed by atoms with van der Waals surface area (Å²) in [5.41, 5.74) is 0.933. The Morgan fingerprint density at radius 1 is 1.45 bits per heavy atom. The number of carbonyl (C=O) groups is 1. The standard InChI is InChI=1S/C16H22ClNO4/c1-3-22-14-9-11(8-12(17)15(14)21-2)10-18-7-5-4-6-13(18)16(19)20/h8-9,13H,3-7,10H2,1-2H3,(H,19,20). The number of carboxylic acids is 1. The van der Waals surface area contributed by atoms with Crippen LogP contribution in [0.5, 0.6) is 11.5 Å². The predicted octanol–water partition coefficient (Wildman–Crippen LogP) is 3.19. The van der Waals surface area contributed by atoms with Crippen molar-refractivity contribution in [3.63, 3.8) is 0 Å². The highest BCUT2D eigenvalue weighted by molar-refractivity contribution is 6.32. The summed E-state index contributed by atoms with van der Waals surface area (Å²) in [6.45, 7) is 3.73. The number of likely N-dealkylation sites (tertiary alicyclic amines) is 1. The lowest BCUT2D eigenvalue weighted by Gasteiger charge is -2.33. The van der Waals surface area contributed by atoms with E-state index in [1.54, 1.807) is 7.11 Å². The zero-order valence-corrected chi connectivity index (χ0v) is 13.7. The Balaban J connectivity index is 2.22. The maximum atomic E-state index is 11.4. The Labute approximate surface area is 135 Å². The second-order valence-corrected chi connectivity index (χ2v) is 5.77. The molecule has 0 amide bonds. The molecule has 122 valence electrons. The van der Waals surface area contributed by atoms with Gasteiger partial charge in [0.15, 0.2) is 11.5 Å². The van der Waals surface area contributed by atoms with E-state index >= 15 is 0 Å². The summed E-state index contributed by atoms with van der Waals surface area (Å²) in [6.07, 6.45) is 2.67. The third-order valence-electron chi connectivity index (χ3n) is 3.86. The Hall–Kier alpha value is -1.46. The Morgan fingerprint density at radius 2 is 2.23 bits per heavy atom. The summed E-state index contributed by atoms with van der Waals surface area (Å²) in [5, 5.41) is 9.83. The largest absolute Gasteiger partial charge is 0.491 e. The lowest BCUT2D eigenvalue weighted by molar-refractivity contribution is -0.144. The smallest absolute Gasteiger partial charge is 0.320 e. The predicted molar refractivity (Wildman–Crippen MR) is 84.9 cm³/mol. The molecule has 0 aromatic heterocycles. The number of rotatable bonds is 6. The molecule has 1 saturated heterocycles. The zero-order chi connectivity index (χ0) is 16.1. The van der Waals surface area contributed by atoms with Crippen LogP contribution >= 0.6 is 11.6 Å². The van der Waals surface area contributed by atoms with E-state index in [0.29, 0.717) is 36.1 Å². The molecule has 1 aromatic carbocycles. The molecule has 0 spiro atoms. The van der Waals surface area contributed by atoms with E-state index < -0.39 is 12.0 Å². The number of ether oxygens (including phenoxy) is 2. The number of nitrogens with zero attached hydrogens (tertiary/aromatic N) is 1. The Kier molecular flexibility index (Phi) is 5.91. The highest BCUT2D eigenvalue weighted by atomic mass is 35.5. The first kappa shape index (κ1) is 16.9. The van der Waals surface area contributed by atoms with Crippen LogP contribution in [0.15, 0.2) is 12.1 Å². The van der Waals surface area contributed by atoms with Crippen LogP contribution in [0.4, 0.5) is 0 Å². The normalized spacial score (nSPS) is 19.0. The van der Waals surface area contributed by atoms with Gasteiger partial charge in [-0.1, -0.05) is 18.0 Å². The van der Waals surface area contributed by atoms with Gasteiger partial charge in [-0.25, -0.2) is 0 Å². The number of benzene rings is 1. The maximum Gasteiger partial charge on any atom is 0.320 e. The summed E-state index contributed by atoms with van der Waals surface area (Å²) in [5.74, 6) is 0.349. The molecule has 0 radical (unpaired) electrons. The number of piperidine rings is 1. The minimum atomic E-state index is -0.760. The van der Waals surface area contributed by atoms with Gasteiger partial charge in [0.1, 0.15) is 6.04 Å². The van der Waals surface area contributed by atoms with Crippen LogP contribution in [-0.2, 0) is 11.3 Å². The first-order valence-corrected chi connectivity index (χ1v) is 7.90. The van der Waals surface area contributed by atoms with Crippen LogP contribution in [0.25, 0.3) is 0 Å². The van der Waals surface area contributed by atoms with Crippen molar-refractivity contribution in [1.82, 2.24) is 4.90 Å². The fourth-order valence-electron chi connectivity index (χ4n) is 2.87. The third kappa shape index (κ3) is 3.84. The Morgan fingerprint density at radius 3 is 2.86 bits per heavy atom. The van der Waals surface area contributed by atoms with Gasteiger partial charge in [-0.2, -0.15) is 0 Å². The highest BCUT2D eigenvalue weighted by Gasteiger charge is 2.28. The molecule has 1 unspecified atom stereocenters. The van der Waals surface area contributed by atoms with E-state index in [2.05, 4.69) is 0 Å². The van der Waals surface area contributed by atoms with Crippen LogP contribution in [0.3, 0.4) is 0 Å². The molecular weight excluding hydrogens is 306 g/mol. The summed E-state index contributed by atoms with van der Waals surface area (Å²) < 4.78 is 10.8. The van der Waals surface area contributed by atoms with Gasteiger partial charge in [0, 0.05) is 6.54 Å². The minimum Gasteiger partial charge on any atom is -0.491 e. The molecule has 2 rings (SSSR count). The number of halogens is 1. The van der Waals surface area contributed by atoms with Gasteiger partial charge in [-0.15, -0.1) is 0 Å². The molecule has 1 aliphatic heterocycles. The average Bonchev–Trinajstić information content (AvgIpc) is 2.48. The fraction of sp³-hybridized carbons (Fsp3) is 0.562. The molecule has 0 saturated carbocycles. The third-order valence-corrected chi connectivity index (χ3v) is 4.14. The van der Waals surface area contributed by atoms with Crippen molar-refractivity contribution in [3.8, 4) is 11.5 Å². The molecule has 1 atom stereocenters. The average molecular weight is 328 g/mol. The number of carboxylic acid groups (broad SMARTS) is 1. The van der Waals surface area contributed by atoms with E-state index in [-0.39, 0.29) is 0 Å². The van der Waals surface area contributed by atoms with Crippen molar-refractivity contribution >= 4 is 17.6 Å². The number of aliphatic carboxylic acids is 1. The molecule has 0 aliphatic carbocycles. The number of methoxy groups -OCH3 is 1. The summed E-state index contributed by atoms with van der Waals surface area (Å²) >= 11 is 6.25. The monoisotopic (exact) mass is 327 g/mol. The van der Waals surface area contributed by atoms with Crippen molar-refractivity contribution in [2.45, 2.75) is 38.8 Å². The molecule has 1 aromatic rings. The van der Waals surface area contributed by atoms with Crippen molar-refractivity contribution in [2.75, 3.05) is 20.3 Å². The van der Waals surface area contributed by atoms with Gasteiger partial charge in [-0.05, 0) is 44.0 Å². The van der Waals surface area contributed by atoms with E-state index in [0.717, 1.165) is 24.9 Å². The number of hydrogen-bond acceptors (Lipinski definition) is 4. The Bertz CT molecular complexity index is 535. The van der Waals surface area contributed by atoms with Crippen LogP contribution in [-0.4, -0.2) is 42.3 Å². The SMILES string of the molecule is CCOc1cc(CN2CCCCC2C(=O)O)cc(Cl)c1OC. The lowest BCUT2D eigenvalue weighted by atomic mass is 10.0. The van der Waals surface area contributed by atoms with Crippen molar-refractivity contribution < 1.29 is 19.4 Å². The van der Waals surface area contributed by atoms with Gasteiger partial charge in [0.05, 0.1) is 18.7 Å². The summed E-state index contributed by atoms with van der Waals surface area (Å²) in [4.78, 5) is 13.4. The zero-order valence-electron chi connectivity index (χ0n) is 13.0. The molecule has 5 nitrogen and oxygen atoms in total. The maximum absolute atomic E-state index is 11.4. The van der Waals surface area contributed by atoms with E-state index in [9.17, 15) is 9.90 Å². The first-order valence-electron chi connectivity index (χ1n) is 7.52. The quantitative estimate of drug-likeness (QED) is 0.869. The molecule has 6 heteroatoms. The first-order chi connectivity index (χ1) is 10.6. The van der Waals surface area contributed by atoms with Gasteiger partial charge < -0.3 is 14.6 Å². The summed E-state index contributed by atoms with van der Waals surface area (Å²) in [7, 11) is 1.55. The molecule has 22 heavy (non-hydrogen) atoms. The van der Waals surface area contributed by atoms with Gasteiger partial charge in [0.25, 0.3) is 0 Å². The summed E-state index contributed by atoms with van der Waals surface area (Å²) in [6, 6.07) is 3.27. The molecular formula is C16H22ClNO4. The van der Waals surface area contributed by atoms with Gasteiger partial charge in [0.2, 0.25) is 0 Å². The van der Waals surface area contributed by atoms with Crippen molar-refractivity contribution in [2.24, 2.45) is 0 Å². The minimum absolute atomic E-state index is 0.426. The van der Waals surface area contributed by atoms with Crippen molar-refractivity contribution in [1.29, 1.82) is 0 Å². The van der Waals surface area contributed by atoms with E-state index in [1.807, 2.05) is 24.0 Å². The lowest BCUT2D eigenvalue weighted by Crippen LogP contribution is -2.44. The topological polar surface area (TPSA) is 59.0 Å². The molecule has 1 fully saturated rings. The van der Waals surface area contributed by atoms with Gasteiger partial charge in [-0.3, -0.25) is 9.69 Å². The fourth-order valence-corrected chi connectivity index (χ4v) is 3.18. The van der Waals surface area contributed by atoms with E-state index in [1.165, 1.54) is 0 Å². The van der Waals surface area contributed by atoms with Crippen LogP contribution in [0.2, 0.25) is 5.02 Å². The number of hydrogen-bond donors (Lipinski definition) is 1. The second kappa shape index (κ2) is 7.70. The van der Waals surface area contributed by atoms with Crippen LogP contribution in [0, 0.1) is 0 Å². The van der Waals surface area contributed by atoms with Crippen LogP contribution in [0.1, 0.15) is 31.7 Å². The second-order valence-electron chi connectivity index (χ2n) is 5.36. The molecule has 1 aliphatic rings. The highest BCUT2D eigenvalue weighted by Crippen LogP contribution is 2.37. The van der Waals surface area contributed by atoms with E-state index in [4.69, 9.17) is 21.1 Å². The molecule has 1 N–H and O–H groups in total. The molecule has 1 heterocycles.